The molecular formula is C22H45BrNO6P. The van der Waals surface area contributed by atoms with Gasteiger partial charge >= 0.3 is 7.82 Å². The van der Waals surface area contributed by atoms with E-state index in [9.17, 15) is 14.3 Å². The van der Waals surface area contributed by atoms with Gasteiger partial charge in [-0.25, -0.2) is 4.57 Å². The Balaban J connectivity index is 3.58. The number of carbonyl (C=O) groups excluding carboxylic acids is 1. The van der Waals surface area contributed by atoms with Crippen molar-refractivity contribution in [2.24, 2.45) is 0 Å². The fourth-order valence-corrected chi connectivity index (χ4v) is 4.36. The van der Waals surface area contributed by atoms with Crippen molar-refractivity contribution < 1.29 is 28.0 Å². The molecule has 0 aromatic rings. The summed E-state index contributed by atoms with van der Waals surface area (Å²) in [5.41, 5.74) is 0. The number of alkyl halides is 1. The average molecular weight is 530 g/mol. The summed E-state index contributed by atoms with van der Waals surface area (Å²) >= 11 is 3.11. The maximum atomic E-state index is 12.0. The van der Waals surface area contributed by atoms with Crippen LogP contribution in [0.25, 0.3) is 0 Å². The summed E-state index contributed by atoms with van der Waals surface area (Å²) < 4.78 is 26.4. The molecule has 0 fully saturated rings. The van der Waals surface area contributed by atoms with Gasteiger partial charge < -0.3 is 14.9 Å². The van der Waals surface area contributed by atoms with Gasteiger partial charge in [0.15, 0.2) is 0 Å². The Morgan fingerprint density at radius 2 is 1.45 bits per heavy atom. The van der Waals surface area contributed by atoms with E-state index >= 15 is 0 Å². The van der Waals surface area contributed by atoms with Gasteiger partial charge in [0, 0.05) is 25.4 Å². The van der Waals surface area contributed by atoms with Gasteiger partial charge in [0.25, 0.3) is 0 Å². The van der Waals surface area contributed by atoms with Crippen LogP contribution in [0.15, 0.2) is 0 Å². The molecule has 0 bridgehead atoms. The molecule has 186 valence electrons. The minimum atomic E-state index is -4.09. The maximum Gasteiger partial charge on any atom is 0.472 e. The number of hydrogen-bond acceptors (Lipinski definition) is 5. The van der Waals surface area contributed by atoms with Gasteiger partial charge in [0.05, 0.1) is 19.3 Å². The van der Waals surface area contributed by atoms with E-state index in [0.717, 1.165) is 12.8 Å². The van der Waals surface area contributed by atoms with Gasteiger partial charge in [-0.3, -0.25) is 13.8 Å². The number of phosphoric acid groups is 1. The molecule has 0 spiro atoms. The van der Waals surface area contributed by atoms with Crippen molar-refractivity contribution >= 4 is 29.7 Å². The minimum Gasteiger partial charge on any atom is -0.377 e. The van der Waals surface area contributed by atoms with Crippen molar-refractivity contribution in [3.05, 3.63) is 0 Å². The standard InChI is InChI=1S/C22H45BrNO6P/c1-3-4-5-6-7-8-9-10-11-12-13-14-15-16-22(25)24-19-21(28-2)20-30-31(26,27)29-18-17-23/h21H,3-20H2,1-2H3,(H,24,25)(H,26,27)/t21-/m0/s1. The van der Waals surface area contributed by atoms with Crippen molar-refractivity contribution in [1.29, 1.82) is 0 Å². The topological polar surface area (TPSA) is 94.1 Å². The summed E-state index contributed by atoms with van der Waals surface area (Å²) in [6, 6.07) is 0. The third-order valence-corrected chi connectivity index (χ3v) is 6.43. The van der Waals surface area contributed by atoms with E-state index in [0.29, 0.717) is 11.8 Å². The third kappa shape index (κ3) is 21.6. The third-order valence-electron chi connectivity index (χ3n) is 5.12. The summed E-state index contributed by atoms with van der Waals surface area (Å²) in [5.74, 6) is -0.0344. The highest BCUT2D eigenvalue weighted by atomic mass is 79.9. The zero-order chi connectivity index (χ0) is 23.2. The quantitative estimate of drug-likeness (QED) is 0.0938. The van der Waals surface area contributed by atoms with Gasteiger partial charge in [-0.1, -0.05) is 99.9 Å². The molecule has 7 nitrogen and oxygen atoms in total. The van der Waals surface area contributed by atoms with Gasteiger partial charge in [-0.15, -0.1) is 0 Å². The number of amides is 1. The highest BCUT2D eigenvalue weighted by molar-refractivity contribution is 9.09. The monoisotopic (exact) mass is 529 g/mol. The van der Waals surface area contributed by atoms with Crippen molar-refractivity contribution in [3.63, 3.8) is 0 Å². The predicted molar refractivity (Wildman–Crippen MR) is 130 cm³/mol. The van der Waals surface area contributed by atoms with Crippen LogP contribution in [-0.4, -0.2) is 49.1 Å². The van der Waals surface area contributed by atoms with Crippen molar-refractivity contribution in [2.45, 2.75) is 103 Å². The lowest BCUT2D eigenvalue weighted by Crippen LogP contribution is -2.35. The van der Waals surface area contributed by atoms with Crippen LogP contribution >= 0.6 is 23.8 Å². The number of methoxy groups -OCH3 is 1. The second-order valence-corrected chi connectivity index (χ2v) is 10.2. The fraction of sp³-hybridized carbons (Fsp3) is 0.955. The highest BCUT2D eigenvalue weighted by Crippen LogP contribution is 2.43. The summed E-state index contributed by atoms with van der Waals surface area (Å²) in [7, 11) is -2.62. The number of halogens is 1. The fourth-order valence-electron chi connectivity index (χ4n) is 3.19. The zero-order valence-corrected chi connectivity index (χ0v) is 22.1. The molecule has 0 aromatic heterocycles. The number of rotatable bonds is 23. The number of ether oxygens (including phenoxy) is 1. The zero-order valence-electron chi connectivity index (χ0n) is 19.6. The average Bonchev–Trinajstić information content (AvgIpc) is 2.75. The number of hydrogen-bond donors (Lipinski definition) is 2. The van der Waals surface area contributed by atoms with E-state index in [2.05, 4.69) is 28.2 Å². The summed E-state index contributed by atoms with van der Waals surface area (Å²) in [6.45, 7) is 2.42. The van der Waals surface area contributed by atoms with Gasteiger partial charge in [-0.05, 0) is 6.42 Å². The first kappa shape index (κ1) is 31.0. The normalized spacial score (nSPS) is 14.3. The van der Waals surface area contributed by atoms with Crippen molar-refractivity contribution in [1.82, 2.24) is 5.32 Å². The lowest BCUT2D eigenvalue weighted by Gasteiger charge is -2.18. The first-order valence-corrected chi connectivity index (χ1v) is 14.5. The Morgan fingerprint density at radius 1 is 0.935 bits per heavy atom. The number of carbonyl (C=O) groups is 1. The SMILES string of the molecule is CCCCCCCCCCCCCCCC(=O)NC[C@@H](COP(=O)(O)OCCBr)OC. The van der Waals surface area contributed by atoms with Gasteiger partial charge in [0.2, 0.25) is 5.91 Å². The number of phosphoric ester groups is 1. The van der Waals surface area contributed by atoms with Crippen LogP contribution < -0.4 is 5.32 Å². The number of unbranched alkanes of at least 4 members (excludes halogenated alkanes) is 12. The predicted octanol–water partition coefficient (Wildman–Crippen LogP) is 6.13. The molecule has 0 aliphatic carbocycles. The van der Waals surface area contributed by atoms with Gasteiger partial charge in [-0.2, -0.15) is 0 Å². The molecule has 0 saturated heterocycles. The summed E-state index contributed by atoms with van der Waals surface area (Å²) in [5, 5.41) is 3.23. The Hall–Kier alpha value is 0.0200. The molecule has 0 radical (unpaired) electrons. The van der Waals surface area contributed by atoms with Crippen LogP contribution in [-0.2, 0) is 23.1 Å². The van der Waals surface area contributed by atoms with E-state index < -0.39 is 13.9 Å². The van der Waals surface area contributed by atoms with Crippen LogP contribution in [0.2, 0.25) is 0 Å². The molecule has 2 N–H and O–H groups in total. The Kier molecular flexibility index (Phi) is 21.9. The largest absolute Gasteiger partial charge is 0.472 e. The molecule has 0 aliphatic rings. The van der Waals surface area contributed by atoms with Crippen LogP contribution in [0.1, 0.15) is 96.8 Å². The lowest BCUT2D eigenvalue weighted by molar-refractivity contribution is -0.121. The first-order valence-electron chi connectivity index (χ1n) is 11.9. The van der Waals surface area contributed by atoms with E-state index in [1.807, 2.05) is 0 Å². The van der Waals surface area contributed by atoms with E-state index in [-0.39, 0.29) is 25.7 Å². The number of nitrogens with one attached hydrogen (secondary N) is 1. The smallest absolute Gasteiger partial charge is 0.377 e. The van der Waals surface area contributed by atoms with E-state index in [1.165, 1.54) is 77.7 Å². The van der Waals surface area contributed by atoms with Crippen LogP contribution in [0.3, 0.4) is 0 Å². The lowest BCUT2D eigenvalue weighted by atomic mass is 10.0. The van der Waals surface area contributed by atoms with Crippen LogP contribution in [0.4, 0.5) is 0 Å². The molecule has 0 heterocycles. The Bertz CT molecular complexity index is 469. The molecule has 1 unspecified atom stereocenters. The highest BCUT2D eigenvalue weighted by Gasteiger charge is 2.23. The molecular weight excluding hydrogens is 485 g/mol. The molecule has 2 atom stereocenters. The van der Waals surface area contributed by atoms with Gasteiger partial charge in [0.1, 0.15) is 0 Å². The van der Waals surface area contributed by atoms with Crippen molar-refractivity contribution in [3.8, 4) is 0 Å². The molecule has 0 aromatic carbocycles. The molecule has 0 saturated carbocycles. The molecule has 1 amide bonds. The van der Waals surface area contributed by atoms with E-state index in [4.69, 9.17) is 13.8 Å². The molecule has 31 heavy (non-hydrogen) atoms. The van der Waals surface area contributed by atoms with Crippen LogP contribution in [0, 0.1) is 0 Å². The second kappa shape index (κ2) is 21.8. The second-order valence-electron chi connectivity index (χ2n) is 7.94. The molecule has 9 heteroatoms. The van der Waals surface area contributed by atoms with Crippen LogP contribution in [0.5, 0.6) is 0 Å². The first-order chi connectivity index (χ1) is 14.9. The summed E-state index contributed by atoms with van der Waals surface area (Å²) in [4.78, 5) is 21.5. The Labute approximate surface area is 198 Å². The molecule has 0 aliphatic heterocycles. The maximum absolute atomic E-state index is 12.0. The summed E-state index contributed by atoms with van der Waals surface area (Å²) in [6.07, 6.45) is 16.6. The molecule has 0 rings (SSSR count). The minimum absolute atomic E-state index is 0.0344. The Morgan fingerprint density at radius 3 is 1.94 bits per heavy atom. The van der Waals surface area contributed by atoms with Crippen molar-refractivity contribution in [2.75, 3.05) is 32.2 Å². The van der Waals surface area contributed by atoms with E-state index in [1.54, 1.807) is 0 Å².